The Hall–Kier alpha value is -1.02. The van der Waals surface area contributed by atoms with E-state index in [0.717, 1.165) is 37.7 Å². The topological polar surface area (TPSA) is 21.3 Å². The summed E-state index contributed by atoms with van der Waals surface area (Å²) in [6.07, 6.45) is 4.97. The smallest absolute Gasteiger partial charge is 0.119 e. The molecule has 0 amide bonds. The van der Waals surface area contributed by atoms with Crippen molar-refractivity contribution in [2.45, 2.75) is 51.9 Å². The number of piperidine rings is 1. The maximum atomic E-state index is 5.88. The van der Waals surface area contributed by atoms with E-state index in [2.05, 4.69) is 50.4 Å². The molecule has 0 bridgehead atoms. The lowest BCUT2D eigenvalue weighted by atomic mass is 9.82. The summed E-state index contributed by atoms with van der Waals surface area (Å²) >= 11 is 0. The van der Waals surface area contributed by atoms with Crippen molar-refractivity contribution in [1.29, 1.82) is 0 Å². The number of hydrogen-bond acceptors (Lipinski definition) is 2. The molecule has 1 aliphatic heterocycles. The SMILES string of the molecule is CCC(C)(C)c1ccc(OCC[C@@H]2CCCNC2)cc1. The van der Waals surface area contributed by atoms with Gasteiger partial charge in [-0.25, -0.2) is 0 Å². The van der Waals surface area contributed by atoms with Crippen LogP contribution < -0.4 is 10.1 Å². The van der Waals surface area contributed by atoms with Gasteiger partial charge in [-0.1, -0.05) is 32.9 Å². The van der Waals surface area contributed by atoms with Gasteiger partial charge in [0.25, 0.3) is 0 Å². The van der Waals surface area contributed by atoms with E-state index in [-0.39, 0.29) is 5.41 Å². The van der Waals surface area contributed by atoms with E-state index in [1.807, 2.05) is 0 Å². The molecule has 1 atom stereocenters. The van der Waals surface area contributed by atoms with Gasteiger partial charge in [-0.05, 0) is 67.8 Å². The zero-order chi connectivity index (χ0) is 14.4. The van der Waals surface area contributed by atoms with Crippen LogP contribution in [0.1, 0.15) is 52.0 Å². The van der Waals surface area contributed by atoms with Gasteiger partial charge < -0.3 is 10.1 Å². The van der Waals surface area contributed by atoms with E-state index in [0.29, 0.717) is 0 Å². The summed E-state index contributed by atoms with van der Waals surface area (Å²) in [4.78, 5) is 0. The molecule has 1 aromatic rings. The molecule has 0 radical (unpaired) electrons. The van der Waals surface area contributed by atoms with Gasteiger partial charge in [-0.15, -0.1) is 0 Å². The number of benzene rings is 1. The Balaban J connectivity index is 1.79. The molecule has 1 fully saturated rings. The molecule has 1 aliphatic rings. The van der Waals surface area contributed by atoms with E-state index in [9.17, 15) is 0 Å². The number of nitrogens with one attached hydrogen (secondary N) is 1. The average molecular weight is 275 g/mol. The molecule has 20 heavy (non-hydrogen) atoms. The first-order chi connectivity index (χ1) is 9.62. The van der Waals surface area contributed by atoms with Crippen LogP contribution in [0.15, 0.2) is 24.3 Å². The van der Waals surface area contributed by atoms with Gasteiger partial charge in [-0.2, -0.15) is 0 Å². The molecule has 0 aromatic heterocycles. The molecule has 112 valence electrons. The van der Waals surface area contributed by atoms with Crippen molar-refractivity contribution in [1.82, 2.24) is 5.32 Å². The highest BCUT2D eigenvalue weighted by atomic mass is 16.5. The van der Waals surface area contributed by atoms with Crippen LogP contribution in [0.4, 0.5) is 0 Å². The van der Waals surface area contributed by atoms with Crippen LogP contribution in [-0.2, 0) is 5.41 Å². The molecule has 2 heteroatoms. The van der Waals surface area contributed by atoms with Gasteiger partial charge in [0, 0.05) is 0 Å². The van der Waals surface area contributed by atoms with Gasteiger partial charge >= 0.3 is 0 Å². The minimum atomic E-state index is 0.256. The Morgan fingerprint density at radius 1 is 1.25 bits per heavy atom. The number of ether oxygens (including phenoxy) is 1. The summed E-state index contributed by atoms with van der Waals surface area (Å²) in [7, 11) is 0. The summed E-state index contributed by atoms with van der Waals surface area (Å²) in [5, 5.41) is 3.46. The quantitative estimate of drug-likeness (QED) is 0.842. The third kappa shape index (κ3) is 4.24. The van der Waals surface area contributed by atoms with Gasteiger partial charge in [0.05, 0.1) is 6.61 Å². The van der Waals surface area contributed by atoms with Crippen molar-refractivity contribution in [3.8, 4) is 5.75 Å². The lowest BCUT2D eigenvalue weighted by Gasteiger charge is -2.24. The van der Waals surface area contributed by atoms with Crippen molar-refractivity contribution in [3.63, 3.8) is 0 Å². The molecule has 0 spiro atoms. The predicted octanol–water partition coefficient (Wildman–Crippen LogP) is 4.14. The van der Waals surface area contributed by atoms with Gasteiger partial charge in [0.15, 0.2) is 0 Å². The summed E-state index contributed by atoms with van der Waals surface area (Å²) in [5.74, 6) is 1.80. The van der Waals surface area contributed by atoms with Crippen LogP contribution >= 0.6 is 0 Å². The molecule has 0 aliphatic carbocycles. The van der Waals surface area contributed by atoms with Crippen LogP contribution in [0.3, 0.4) is 0 Å². The fraction of sp³-hybridized carbons (Fsp3) is 0.667. The molecule has 1 N–H and O–H groups in total. The zero-order valence-corrected chi connectivity index (χ0v) is 13.2. The highest BCUT2D eigenvalue weighted by Gasteiger charge is 2.17. The second kappa shape index (κ2) is 7.12. The van der Waals surface area contributed by atoms with Gasteiger partial charge in [0.1, 0.15) is 5.75 Å². The molecule has 2 nitrogen and oxygen atoms in total. The van der Waals surface area contributed by atoms with Crippen LogP contribution in [0, 0.1) is 5.92 Å². The summed E-state index contributed by atoms with van der Waals surface area (Å²) in [6.45, 7) is 10.0. The molecule has 1 aromatic carbocycles. The largest absolute Gasteiger partial charge is 0.494 e. The summed E-state index contributed by atoms with van der Waals surface area (Å²) in [6, 6.07) is 8.65. The molecule has 0 saturated carbocycles. The minimum absolute atomic E-state index is 0.256. The maximum absolute atomic E-state index is 5.88. The monoisotopic (exact) mass is 275 g/mol. The molecular weight excluding hydrogens is 246 g/mol. The Bertz CT molecular complexity index is 390. The van der Waals surface area contributed by atoms with Crippen molar-refractivity contribution in [3.05, 3.63) is 29.8 Å². The van der Waals surface area contributed by atoms with E-state index in [1.165, 1.54) is 24.9 Å². The van der Waals surface area contributed by atoms with Crippen molar-refractivity contribution in [2.75, 3.05) is 19.7 Å². The zero-order valence-electron chi connectivity index (χ0n) is 13.2. The minimum Gasteiger partial charge on any atom is -0.494 e. The van der Waals surface area contributed by atoms with Crippen molar-refractivity contribution >= 4 is 0 Å². The van der Waals surface area contributed by atoms with Crippen molar-refractivity contribution < 1.29 is 4.74 Å². The first-order valence-corrected chi connectivity index (χ1v) is 8.06. The lowest BCUT2D eigenvalue weighted by molar-refractivity contribution is 0.254. The van der Waals surface area contributed by atoms with Crippen LogP contribution in [-0.4, -0.2) is 19.7 Å². The molecule has 0 unspecified atom stereocenters. The van der Waals surface area contributed by atoms with E-state index < -0.39 is 0 Å². The Labute approximate surface area is 123 Å². The normalized spacial score (nSPS) is 19.9. The second-order valence-corrected chi connectivity index (χ2v) is 6.61. The van der Waals surface area contributed by atoms with Crippen LogP contribution in [0.2, 0.25) is 0 Å². The van der Waals surface area contributed by atoms with E-state index >= 15 is 0 Å². The third-order valence-electron chi connectivity index (χ3n) is 4.71. The summed E-state index contributed by atoms with van der Waals surface area (Å²) in [5.41, 5.74) is 1.65. The van der Waals surface area contributed by atoms with Crippen LogP contribution in [0.25, 0.3) is 0 Å². The maximum Gasteiger partial charge on any atom is 0.119 e. The highest BCUT2D eigenvalue weighted by Crippen LogP contribution is 2.28. The van der Waals surface area contributed by atoms with Crippen molar-refractivity contribution in [2.24, 2.45) is 5.92 Å². The van der Waals surface area contributed by atoms with Gasteiger partial charge in [-0.3, -0.25) is 0 Å². The molecule has 1 saturated heterocycles. The Morgan fingerprint density at radius 3 is 2.60 bits per heavy atom. The highest BCUT2D eigenvalue weighted by molar-refractivity contribution is 5.31. The molecule has 1 heterocycles. The fourth-order valence-electron chi connectivity index (χ4n) is 2.72. The Morgan fingerprint density at radius 2 is 2.00 bits per heavy atom. The van der Waals surface area contributed by atoms with Crippen LogP contribution in [0.5, 0.6) is 5.75 Å². The lowest BCUT2D eigenvalue weighted by Crippen LogP contribution is -2.30. The summed E-state index contributed by atoms with van der Waals surface area (Å²) < 4.78 is 5.88. The standard InChI is InChI=1S/C18H29NO/c1-4-18(2,3)16-7-9-17(10-8-16)20-13-11-15-6-5-12-19-14-15/h7-10,15,19H,4-6,11-14H2,1-3H3/t15-/m0/s1. The predicted molar refractivity (Wildman–Crippen MR) is 85.5 cm³/mol. The first kappa shape index (κ1) is 15.4. The fourth-order valence-corrected chi connectivity index (χ4v) is 2.72. The van der Waals surface area contributed by atoms with E-state index in [4.69, 9.17) is 4.74 Å². The first-order valence-electron chi connectivity index (χ1n) is 8.06. The molecule has 2 rings (SSSR count). The van der Waals surface area contributed by atoms with Gasteiger partial charge in [0.2, 0.25) is 0 Å². The molecular formula is C18H29NO. The Kier molecular flexibility index (Phi) is 5.47. The number of rotatable bonds is 6. The third-order valence-corrected chi connectivity index (χ3v) is 4.71. The average Bonchev–Trinajstić information content (AvgIpc) is 2.49. The van der Waals surface area contributed by atoms with E-state index in [1.54, 1.807) is 0 Å². The second-order valence-electron chi connectivity index (χ2n) is 6.61. The number of hydrogen-bond donors (Lipinski definition) is 1.